The molecule has 1 unspecified atom stereocenters. The molecule has 1 saturated heterocycles. The fourth-order valence-electron chi connectivity index (χ4n) is 1.71. The van der Waals surface area contributed by atoms with Gasteiger partial charge in [0.05, 0.1) is 6.20 Å². The summed E-state index contributed by atoms with van der Waals surface area (Å²) in [6.07, 6.45) is 3.58. The summed E-state index contributed by atoms with van der Waals surface area (Å²) in [4.78, 5) is 22.2. The van der Waals surface area contributed by atoms with Crippen molar-refractivity contribution in [3.63, 3.8) is 0 Å². The van der Waals surface area contributed by atoms with Gasteiger partial charge in [-0.15, -0.1) is 5.10 Å². The van der Waals surface area contributed by atoms with Crippen LogP contribution < -0.4 is 5.32 Å². The van der Waals surface area contributed by atoms with Crippen LogP contribution in [0, 0.1) is 0 Å². The quantitative estimate of drug-likeness (QED) is 0.781. The minimum Gasteiger partial charge on any atom is -0.476 e. The Bertz CT molecular complexity index is 442. The molecule has 2 rings (SSSR count). The lowest BCUT2D eigenvalue weighted by Crippen LogP contribution is -2.32. The van der Waals surface area contributed by atoms with Gasteiger partial charge in [0.2, 0.25) is 5.91 Å². The Kier molecular flexibility index (Phi) is 4.19. The molecule has 2 heterocycles. The number of hydrogen-bond acceptors (Lipinski definition) is 5. The number of thioether (sulfide) groups is 1. The van der Waals surface area contributed by atoms with Crippen LogP contribution in [0.3, 0.4) is 0 Å². The van der Waals surface area contributed by atoms with Crippen molar-refractivity contribution in [1.82, 2.24) is 20.3 Å². The fourth-order valence-corrected chi connectivity index (χ4v) is 2.91. The number of nitrogens with one attached hydrogen (secondary N) is 1. The molecular formula is C10H14N4O3S. The van der Waals surface area contributed by atoms with Crippen LogP contribution in [0.25, 0.3) is 0 Å². The molecule has 0 radical (unpaired) electrons. The molecule has 1 aromatic rings. The van der Waals surface area contributed by atoms with Crippen molar-refractivity contribution >= 4 is 23.6 Å². The zero-order valence-electron chi connectivity index (χ0n) is 9.70. The van der Waals surface area contributed by atoms with E-state index in [2.05, 4.69) is 15.6 Å². The zero-order chi connectivity index (χ0) is 13.0. The Hall–Kier alpha value is -1.57. The molecule has 2 N–H and O–H groups in total. The number of amides is 1. The number of nitrogens with zero attached hydrogens (tertiary/aromatic N) is 3. The molecule has 1 aliphatic heterocycles. The number of carbonyl (C=O) groups excluding carboxylic acids is 1. The van der Waals surface area contributed by atoms with E-state index in [4.69, 9.17) is 5.11 Å². The molecular weight excluding hydrogens is 256 g/mol. The molecule has 1 aliphatic rings. The predicted octanol–water partition coefficient (Wildman–Crippen LogP) is -0.0119. The Balaban J connectivity index is 1.77. The number of rotatable bonds is 5. The van der Waals surface area contributed by atoms with Gasteiger partial charge in [0, 0.05) is 11.8 Å². The van der Waals surface area contributed by atoms with Gasteiger partial charge in [-0.25, -0.2) is 9.48 Å². The first-order chi connectivity index (χ1) is 8.65. The van der Waals surface area contributed by atoms with Crippen molar-refractivity contribution < 1.29 is 14.7 Å². The molecule has 7 nitrogen and oxygen atoms in total. The van der Waals surface area contributed by atoms with E-state index in [0.29, 0.717) is 11.8 Å². The Morgan fingerprint density at radius 1 is 1.61 bits per heavy atom. The molecule has 1 atom stereocenters. The number of aromatic carboxylic acids is 1. The van der Waals surface area contributed by atoms with Gasteiger partial charge in [-0.05, 0) is 18.6 Å². The summed E-state index contributed by atoms with van der Waals surface area (Å²) in [5.74, 6) is -0.167. The van der Waals surface area contributed by atoms with Crippen LogP contribution >= 0.6 is 11.8 Å². The third kappa shape index (κ3) is 3.46. The van der Waals surface area contributed by atoms with E-state index < -0.39 is 5.97 Å². The molecule has 8 heteroatoms. The summed E-state index contributed by atoms with van der Waals surface area (Å²) in [5.41, 5.74) is -0.158. The molecule has 1 fully saturated rings. The second-order valence-corrected chi connectivity index (χ2v) is 5.45. The van der Waals surface area contributed by atoms with Gasteiger partial charge >= 0.3 is 5.97 Å². The summed E-state index contributed by atoms with van der Waals surface area (Å²) >= 11 is 1.87. The lowest BCUT2D eigenvalue weighted by atomic mass is 10.2. The second-order valence-electron chi connectivity index (χ2n) is 4.05. The van der Waals surface area contributed by atoms with Crippen LogP contribution in [-0.4, -0.2) is 49.5 Å². The lowest BCUT2D eigenvalue weighted by Gasteiger charge is -2.09. The topological polar surface area (TPSA) is 97.1 Å². The first kappa shape index (κ1) is 12.9. The van der Waals surface area contributed by atoms with Crippen LogP contribution in [0.2, 0.25) is 0 Å². The summed E-state index contributed by atoms with van der Waals surface area (Å²) < 4.78 is 1.22. The van der Waals surface area contributed by atoms with Gasteiger partial charge in [-0.1, -0.05) is 5.21 Å². The molecule has 0 spiro atoms. The van der Waals surface area contributed by atoms with Gasteiger partial charge in [0.1, 0.15) is 6.54 Å². The van der Waals surface area contributed by atoms with Crippen LogP contribution in [0.1, 0.15) is 23.3 Å². The number of aromatic nitrogens is 3. The highest BCUT2D eigenvalue weighted by Gasteiger charge is 2.16. The maximum absolute atomic E-state index is 11.6. The van der Waals surface area contributed by atoms with E-state index >= 15 is 0 Å². The number of carboxylic acids is 1. The fraction of sp³-hybridized carbons (Fsp3) is 0.600. The SMILES string of the molecule is O=C(Cn1cc(C(=O)O)nn1)NCC1CCCS1. The van der Waals surface area contributed by atoms with Crippen LogP contribution in [0.4, 0.5) is 0 Å². The summed E-state index contributed by atoms with van der Waals surface area (Å²) in [7, 11) is 0. The lowest BCUT2D eigenvalue weighted by molar-refractivity contribution is -0.121. The van der Waals surface area contributed by atoms with Gasteiger partial charge < -0.3 is 10.4 Å². The highest BCUT2D eigenvalue weighted by atomic mass is 32.2. The van der Waals surface area contributed by atoms with Crippen LogP contribution in [0.15, 0.2) is 6.20 Å². The maximum atomic E-state index is 11.6. The van der Waals surface area contributed by atoms with E-state index in [9.17, 15) is 9.59 Å². The molecule has 1 aromatic heterocycles. The van der Waals surface area contributed by atoms with Gasteiger partial charge in [-0.3, -0.25) is 4.79 Å². The van der Waals surface area contributed by atoms with Crippen molar-refractivity contribution in [2.24, 2.45) is 0 Å². The van der Waals surface area contributed by atoms with Crippen molar-refractivity contribution in [3.05, 3.63) is 11.9 Å². The van der Waals surface area contributed by atoms with Crippen molar-refractivity contribution in [1.29, 1.82) is 0 Å². The maximum Gasteiger partial charge on any atom is 0.358 e. The normalized spacial score (nSPS) is 18.8. The van der Waals surface area contributed by atoms with Crippen molar-refractivity contribution in [2.45, 2.75) is 24.6 Å². The minimum absolute atomic E-state index is 0.00231. The molecule has 0 aliphatic carbocycles. The largest absolute Gasteiger partial charge is 0.476 e. The first-order valence-corrected chi connectivity index (χ1v) is 6.72. The molecule has 0 bridgehead atoms. The summed E-state index contributed by atoms with van der Waals surface area (Å²) in [6.45, 7) is 0.654. The standard InChI is InChI=1S/C10H14N4O3S/c15-9(11-4-7-2-1-3-18-7)6-14-5-8(10(16)17)12-13-14/h5,7H,1-4,6H2,(H,11,15)(H,16,17). The molecule has 0 saturated carbocycles. The van der Waals surface area contributed by atoms with E-state index in [0.717, 1.165) is 12.2 Å². The highest BCUT2D eigenvalue weighted by molar-refractivity contribution is 8.00. The van der Waals surface area contributed by atoms with E-state index in [1.54, 1.807) is 0 Å². The van der Waals surface area contributed by atoms with Crippen molar-refractivity contribution in [3.8, 4) is 0 Å². The van der Waals surface area contributed by atoms with E-state index in [1.807, 2.05) is 11.8 Å². The molecule has 1 amide bonds. The van der Waals surface area contributed by atoms with Gasteiger partial charge in [-0.2, -0.15) is 11.8 Å². The summed E-state index contributed by atoms with van der Waals surface area (Å²) in [6, 6.07) is 0. The second kappa shape index (κ2) is 5.85. The number of carboxylic acid groups (broad SMARTS) is 1. The van der Waals surface area contributed by atoms with E-state index in [1.165, 1.54) is 17.3 Å². The van der Waals surface area contributed by atoms with E-state index in [-0.39, 0.29) is 18.1 Å². The molecule has 98 valence electrons. The Morgan fingerprint density at radius 2 is 2.44 bits per heavy atom. The highest BCUT2D eigenvalue weighted by Crippen LogP contribution is 2.25. The van der Waals surface area contributed by atoms with Crippen molar-refractivity contribution in [2.75, 3.05) is 12.3 Å². The Morgan fingerprint density at radius 3 is 3.06 bits per heavy atom. The van der Waals surface area contributed by atoms with Gasteiger partial charge in [0.25, 0.3) is 0 Å². The van der Waals surface area contributed by atoms with Crippen LogP contribution in [0.5, 0.6) is 0 Å². The third-order valence-electron chi connectivity index (χ3n) is 2.61. The summed E-state index contributed by atoms with van der Waals surface area (Å²) in [5, 5.41) is 19.0. The van der Waals surface area contributed by atoms with Gasteiger partial charge in [0.15, 0.2) is 5.69 Å². The number of carbonyl (C=O) groups is 2. The zero-order valence-corrected chi connectivity index (χ0v) is 10.5. The van der Waals surface area contributed by atoms with Crippen LogP contribution in [-0.2, 0) is 11.3 Å². The average molecular weight is 270 g/mol. The minimum atomic E-state index is -1.15. The predicted molar refractivity (Wildman–Crippen MR) is 65.5 cm³/mol. The molecule has 18 heavy (non-hydrogen) atoms. The smallest absolute Gasteiger partial charge is 0.358 e. The molecule has 0 aromatic carbocycles. The first-order valence-electron chi connectivity index (χ1n) is 5.67. The Labute approximate surface area is 108 Å². The monoisotopic (exact) mass is 270 g/mol. The third-order valence-corrected chi connectivity index (χ3v) is 4.01. The average Bonchev–Trinajstić information content (AvgIpc) is 2.96. The number of hydrogen-bond donors (Lipinski definition) is 2.